The Hall–Kier alpha value is -1.93. The minimum Gasteiger partial charge on any atom is -0.452 e. The summed E-state index contributed by atoms with van der Waals surface area (Å²) < 4.78 is 32.2. The predicted molar refractivity (Wildman–Crippen MR) is 114 cm³/mol. The van der Waals surface area contributed by atoms with Gasteiger partial charge in [-0.2, -0.15) is 4.31 Å². The van der Waals surface area contributed by atoms with Gasteiger partial charge in [0.25, 0.3) is 5.91 Å². The maximum atomic E-state index is 12.8. The molecule has 1 saturated heterocycles. The van der Waals surface area contributed by atoms with Crippen molar-refractivity contribution in [2.45, 2.75) is 62.7 Å². The highest BCUT2D eigenvalue weighted by Gasteiger charge is 2.25. The molecular formula is C22H32N2O5S. The standard InChI is InChI=1S/C22H32N2O5S/c25-21(23-16-18-8-4-3-5-9-18)17-29-22(26)19-10-12-20(13-11-19)30(27,28)24-14-6-1-2-7-15-24/h10-13,18H,1-9,14-17H2,(H,23,25). The van der Waals surface area contributed by atoms with Crippen molar-refractivity contribution >= 4 is 21.9 Å². The van der Waals surface area contributed by atoms with Crippen LogP contribution in [-0.4, -0.2) is 50.8 Å². The number of rotatable bonds is 7. The third kappa shape index (κ3) is 6.28. The quantitative estimate of drug-likeness (QED) is 0.663. The zero-order chi connectivity index (χ0) is 21.4. The van der Waals surface area contributed by atoms with Gasteiger partial charge in [0.15, 0.2) is 6.61 Å². The molecule has 2 aliphatic rings. The van der Waals surface area contributed by atoms with Crippen LogP contribution in [-0.2, 0) is 19.6 Å². The van der Waals surface area contributed by atoms with Gasteiger partial charge in [-0.15, -0.1) is 0 Å². The van der Waals surface area contributed by atoms with Gasteiger partial charge in [0.1, 0.15) is 0 Å². The van der Waals surface area contributed by atoms with Crippen LogP contribution >= 0.6 is 0 Å². The van der Waals surface area contributed by atoms with Crippen LogP contribution in [0.3, 0.4) is 0 Å². The molecule has 1 aliphatic carbocycles. The Balaban J connectivity index is 1.48. The van der Waals surface area contributed by atoms with Crippen LogP contribution in [0.4, 0.5) is 0 Å². The lowest BCUT2D eigenvalue weighted by atomic mass is 9.89. The van der Waals surface area contributed by atoms with Crippen molar-refractivity contribution < 1.29 is 22.7 Å². The molecule has 8 heteroatoms. The minimum absolute atomic E-state index is 0.172. The number of nitrogens with zero attached hydrogens (tertiary/aromatic N) is 1. The molecule has 0 aromatic heterocycles. The molecule has 0 bridgehead atoms. The van der Waals surface area contributed by atoms with E-state index in [1.165, 1.54) is 47.8 Å². The summed E-state index contributed by atoms with van der Waals surface area (Å²) in [5.74, 6) is -0.437. The van der Waals surface area contributed by atoms with Crippen molar-refractivity contribution in [1.82, 2.24) is 9.62 Å². The average molecular weight is 437 g/mol. The molecule has 2 fully saturated rings. The van der Waals surface area contributed by atoms with Crippen molar-refractivity contribution in [3.8, 4) is 0 Å². The first kappa shape index (κ1) is 22.7. The van der Waals surface area contributed by atoms with E-state index in [9.17, 15) is 18.0 Å². The van der Waals surface area contributed by atoms with Crippen LogP contribution in [0.25, 0.3) is 0 Å². The summed E-state index contributed by atoms with van der Waals surface area (Å²) in [6.07, 6.45) is 9.77. The van der Waals surface area contributed by atoms with E-state index in [1.807, 2.05) is 0 Å². The molecule has 1 aromatic carbocycles. The van der Waals surface area contributed by atoms with E-state index in [2.05, 4.69) is 5.32 Å². The number of hydrogen-bond donors (Lipinski definition) is 1. The number of ether oxygens (including phenoxy) is 1. The first-order valence-corrected chi connectivity index (χ1v) is 12.4. The van der Waals surface area contributed by atoms with Gasteiger partial charge in [0.05, 0.1) is 10.5 Å². The fourth-order valence-electron chi connectivity index (χ4n) is 4.11. The summed E-state index contributed by atoms with van der Waals surface area (Å²) in [4.78, 5) is 24.3. The molecule has 0 unspecified atom stereocenters. The number of benzene rings is 1. The fraction of sp³-hybridized carbons (Fsp3) is 0.636. The monoisotopic (exact) mass is 436 g/mol. The second-order valence-electron chi connectivity index (χ2n) is 8.23. The highest BCUT2D eigenvalue weighted by atomic mass is 32.2. The van der Waals surface area contributed by atoms with Crippen LogP contribution in [0.1, 0.15) is 68.1 Å². The van der Waals surface area contributed by atoms with Gasteiger partial charge in [-0.1, -0.05) is 32.1 Å². The third-order valence-electron chi connectivity index (χ3n) is 5.94. The number of carbonyl (C=O) groups is 2. The molecule has 3 rings (SSSR count). The Bertz CT molecular complexity index is 808. The second-order valence-corrected chi connectivity index (χ2v) is 10.2. The average Bonchev–Trinajstić information content (AvgIpc) is 3.07. The van der Waals surface area contributed by atoms with Gasteiger partial charge in [-0.25, -0.2) is 13.2 Å². The Labute approximate surface area is 179 Å². The molecule has 0 spiro atoms. The highest BCUT2D eigenvalue weighted by Crippen LogP contribution is 2.23. The Kier molecular flexibility index (Phi) is 8.27. The van der Waals surface area contributed by atoms with Crippen molar-refractivity contribution in [2.24, 2.45) is 5.92 Å². The van der Waals surface area contributed by atoms with Gasteiger partial charge >= 0.3 is 5.97 Å². The SMILES string of the molecule is O=C(COC(=O)c1ccc(S(=O)(=O)N2CCCCCC2)cc1)NCC1CCCCC1. The van der Waals surface area contributed by atoms with Crippen LogP contribution in [0.2, 0.25) is 0 Å². The zero-order valence-electron chi connectivity index (χ0n) is 17.5. The maximum Gasteiger partial charge on any atom is 0.338 e. The molecule has 0 atom stereocenters. The zero-order valence-corrected chi connectivity index (χ0v) is 18.3. The molecular weight excluding hydrogens is 404 g/mol. The summed E-state index contributed by atoms with van der Waals surface area (Å²) in [7, 11) is -3.55. The van der Waals surface area contributed by atoms with Crippen LogP contribution in [0.15, 0.2) is 29.2 Å². The lowest BCUT2D eigenvalue weighted by Gasteiger charge is -2.21. The summed E-state index contributed by atoms with van der Waals surface area (Å²) >= 11 is 0. The van der Waals surface area contributed by atoms with Gasteiger partial charge in [0.2, 0.25) is 10.0 Å². The topological polar surface area (TPSA) is 92.8 Å². The normalized spacial score (nSPS) is 19.1. The van der Waals surface area contributed by atoms with E-state index in [-0.39, 0.29) is 23.0 Å². The number of amides is 1. The third-order valence-corrected chi connectivity index (χ3v) is 7.85. The summed E-state index contributed by atoms with van der Waals surface area (Å²) in [5, 5.41) is 2.83. The molecule has 1 heterocycles. The van der Waals surface area contributed by atoms with Gasteiger partial charge in [-0.3, -0.25) is 4.79 Å². The molecule has 1 N–H and O–H groups in total. The molecule has 30 heavy (non-hydrogen) atoms. The number of sulfonamides is 1. The predicted octanol–water partition coefficient (Wildman–Crippen LogP) is 3.10. The molecule has 1 amide bonds. The van der Waals surface area contributed by atoms with Crippen LogP contribution < -0.4 is 5.32 Å². The first-order chi connectivity index (χ1) is 14.5. The molecule has 1 aliphatic heterocycles. The second kappa shape index (κ2) is 10.9. The molecule has 0 radical (unpaired) electrons. The van der Waals surface area contributed by atoms with E-state index in [4.69, 9.17) is 4.74 Å². The Morgan fingerprint density at radius 3 is 2.17 bits per heavy atom. The van der Waals surface area contributed by atoms with E-state index >= 15 is 0 Å². The van der Waals surface area contributed by atoms with Crippen LogP contribution in [0.5, 0.6) is 0 Å². The largest absolute Gasteiger partial charge is 0.452 e. The van der Waals surface area contributed by atoms with E-state index in [0.29, 0.717) is 25.6 Å². The molecule has 166 valence electrons. The fourth-order valence-corrected chi connectivity index (χ4v) is 5.63. The summed E-state index contributed by atoms with van der Waals surface area (Å²) in [5.41, 5.74) is 0.227. The van der Waals surface area contributed by atoms with Crippen LogP contribution in [0, 0.1) is 5.92 Å². The Morgan fingerprint density at radius 1 is 0.933 bits per heavy atom. The summed E-state index contributed by atoms with van der Waals surface area (Å²) in [6.45, 7) is 1.35. The number of esters is 1. The van der Waals surface area contributed by atoms with Crippen molar-refractivity contribution in [3.05, 3.63) is 29.8 Å². The number of carbonyl (C=O) groups excluding carboxylic acids is 2. The van der Waals surface area contributed by atoms with E-state index < -0.39 is 16.0 Å². The molecule has 1 aromatic rings. The van der Waals surface area contributed by atoms with E-state index in [0.717, 1.165) is 38.5 Å². The van der Waals surface area contributed by atoms with Crippen molar-refractivity contribution in [1.29, 1.82) is 0 Å². The van der Waals surface area contributed by atoms with Gasteiger partial charge in [-0.05, 0) is 55.9 Å². The van der Waals surface area contributed by atoms with Gasteiger partial charge in [0, 0.05) is 19.6 Å². The number of hydrogen-bond acceptors (Lipinski definition) is 5. The van der Waals surface area contributed by atoms with Crippen molar-refractivity contribution in [2.75, 3.05) is 26.2 Å². The smallest absolute Gasteiger partial charge is 0.338 e. The summed E-state index contributed by atoms with van der Waals surface area (Å²) in [6, 6.07) is 5.74. The number of nitrogens with one attached hydrogen (secondary N) is 1. The maximum absolute atomic E-state index is 12.8. The lowest BCUT2D eigenvalue weighted by Crippen LogP contribution is -2.33. The van der Waals surface area contributed by atoms with Gasteiger partial charge < -0.3 is 10.1 Å². The molecule has 7 nitrogen and oxygen atoms in total. The van der Waals surface area contributed by atoms with Crippen molar-refractivity contribution in [3.63, 3.8) is 0 Å². The highest BCUT2D eigenvalue weighted by molar-refractivity contribution is 7.89. The first-order valence-electron chi connectivity index (χ1n) is 11.0. The Morgan fingerprint density at radius 2 is 1.53 bits per heavy atom. The molecule has 1 saturated carbocycles. The van der Waals surface area contributed by atoms with E-state index in [1.54, 1.807) is 0 Å². The minimum atomic E-state index is -3.55. The lowest BCUT2D eigenvalue weighted by molar-refractivity contribution is -0.124.